The third-order valence-electron chi connectivity index (χ3n) is 5.81. The van der Waals surface area contributed by atoms with Crippen LogP contribution in [0.4, 0.5) is 10.2 Å². The number of halogens is 1. The van der Waals surface area contributed by atoms with E-state index >= 15 is 0 Å². The van der Waals surface area contributed by atoms with Crippen LogP contribution in [0.5, 0.6) is 0 Å². The molecular formula is C25H29FN4O2S. The highest BCUT2D eigenvalue weighted by atomic mass is 32.1. The van der Waals surface area contributed by atoms with Gasteiger partial charge in [-0.05, 0) is 23.1 Å². The summed E-state index contributed by atoms with van der Waals surface area (Å²) in [7, 11) is 1.64. The lowest BCUT2D eigenvalue weighted by Crippen LogP contribution is -2.49. The van der Waals surface area contributed by atoms with Gasteiger partial charge in [0.05, 0.1) is 17.2 Å². The van der Waals surface area contributed by atoms with E-state index in [4.69, 9.17) is 14.7 Å². The zero-order chi connectivity index (χ0) is 23.4. The summed E-state index contributed by atoms with van der Waals surface area (Å²) in [6.45, 7) is 6.97. The van der Waals surface area contributed by atoms with E-state index in [1.54, 1.807) is 19.2 Å². The number of carbonyl (C=O) groups is 1. The molecule has 0 aliphatic carbocycles. The maximum atomic E-state index is 14.5. The van der Waals surface area contributed by atoms with Gasteiger partial charge in [0.25, 0.3) is 5.91 Å². The van der Waals surface area contributed by atoms with Crippen LogP contribution >= 0.6 is 11.3 Å². The van der Waals surface area contributed by atoms with Crippen LogP contribution in [0.3, 0.4) is 0 Å². The first kappa shape index (κ1) is 23.3. The van der Waals surface area contributed by atoms with Crippen LogP contribution in [0.25, 0.3) is 0 Å². The predicted molar refractivity (Wildman–Crippen MR) is 128 cm³/mol. The molecule has 1 aliphatic heterocycles. The van der Waals surface area contributed by atoms with Gasteiger partial charge in [-0.25, -0.2) is 14.4 Å². The maximum absolute atomic E-state index is 14.5. The molecule has 1 saturated heterocycles. The molecule has 1 fully saturated rings. The summed E-state index contributed by atoms with van der Waals surface area (Å²) < 4.78 is 20.0. The van der Waals surface area contributed by atoms with Crippen LogP contribution in [-0.2, 0) is 17.8 Å². The van der Waals surface area contributed by atoms with Crippen molar-refractivity contribution in [3.05, 3.63) is 75.1 Å². The molecule has 0 N–H and O–H groups in total. The first-order valence-electron chi connectivity index (χ1n) is 11.2. The van der Waals surface area contributed by atoms with Gasteiger partial charge < -0.3 is 14.5 Å². The molecule has 3 heterocycles. The van der Waals surface area contributed by atoms with Crippen molar-refractivity contribution < 1.29 is 13.9 Å². The minimum Gasteiger partial charge on any atom is -0.378 e. The lowest BCUT2D eigenvalue weighted by molar-refractivity contribution is 0.0751. The van der Waals surface area contributed by atoms with Gasteiger partial charge in [0, 0.05) is 51.2 Å². The SMILES string of the molecule is COCc1nc(C(C)C)nc(N2CCN(C(=O)c3cccs3)CC2)c1Cc1ccccc1F. The second-order valence-corrected chi connectivity index (χ2v) is 9.39. The van der Waals surface area contributed by atoms with Gasteiger partial charge >= 0.3 is 0 Å². The highest BCUT2D eigenvalue weighted by molar-refractivity contribution is 7.12. The molecule has 0 spiro atoms. The topological polar surface area (TPSA) is 58.6 Å². The summed E-state index contributed by atoms with van der Waals surface area (Å²) in [6, 6.07) is 10.6. The Balaban J connectivity index is 1.65. The van der Waals surface area contributed by atoms with Gasteiger partial charge in [-0.3, -0.25) is 4.79 Å². The van der Waals surface area contributed by atoms with Crippen molar-refractivity contribution in [1.29, 1.82) is 0 Å². The smallest absolute Gasteiger partial charge is 0.264 e. The lowest BCUT2D eigenvalue weighted by Gasteiger charge is -2.36. The molecule has 1 amide bonds. The average Bonchev–Trinajstić information content (AvgIpc) is 3.36. The van der Waals surface area contributed by atoms with Crippen LogP contribution in [0.15, 0.2) is 41.8 Å². The second-order valence-electron chi connectivity index (χ2n) is 8.44. The number of hydrogen-bond donors (Lipinski definition) is 0. The number of thiophene rings is 1. The number of nitrogens with zero attached hydrogens (tertiary/aromatic N) is 4. The minimum absolute atomic E-state index is 0.0712. The highest BCUT2D eigenvalue weighted by Crippen LogP contribution is 2.29. The Morgan fingerprint density at radius 2 is 1.88 bits per heavy atom. The number of methoxy groups -OCH3 is 1. The second kappa shape index (κ2) is 10.4. The number of rotatable bonds is 7. The zero-order valence-electron chi connectivity index (χ0n) is 19.3. The first-order valence-corrected chi connectivity index (χ1v) is 12.1. The molecule has 1 aliphatic rings. The fourth-order valence-corrected chi connectivity index (χ4v) is 4.69. The van der Waals surface area contributed by atoms with Crippen LogP contribution in [0, 0.1) is 5.82 Å². The minimum atomic E-state index is -0.244. The van der Waals surface area contributed by atoms with Gasteiger partial charge in [0.1, 0.15) is 17.5 Å². The largest absolute Gasteiger partial charge is 0.378 e. The number of benzene rings is 1. The number of amides is 1. The van der Waals surface area contributed by atoms with Gasteiger partial charge in [0.2, 0.25) is 0 Å². The molecular weight excluding hydrogens is 439 g/mol. The Labute approximate surface area is 198 Å². The van der Waals surface area contributed by atoms with Crippen molar-refractivity contribution in [2.75, 3.05) is 38.2 Å². The van der Waals surface area contributed by atoms with Crippen LogP contribution in [0.1, 0.15) is 52.1 Å². The van der Waals surface area contributed by atoms with E-state index in [1.165, 1.54) is 17.4 Å². The van der Waals surface area contributed by atoms with Crippen molar-refractivity contribution in [1.82, 2.24) is 14.9 Å². The lowest BCUT2D eigenvalue weighted by atomic mass is 10.0. The third kappa shape index (κ3) is 5.23. The van der Waals surface area contributed by atoms with Gasteiger partial charge in [0.15, 0.2) is 0 Å². The quantitative estimate of drug-likeness (QED) is 0.511. The zero-order valence-corrected chi connectivity index (χ0v) is 20.1. The fourth-order valence-electron chi connectivity index (χ4n) is 4.00. The van der Waals surface area contributed by atoms with E-state index in [1.807, 2.05) is 28.5 Å². The Morgan fingerprint density at radius 3 is 2.52 bits per heavy atom. The summed E-state index contributed by atoms with van der Waals surface area (Å²) in [6.07, 6.45) is 0.382. The van der Waals surface area contributed by atoms with E-state index in [-0.39, 0.29) is 17.6 Å². The number of hydrogen-bond acceptors (Lipinski definition) is 6. The number of anilines is 1. The summed E-state index contributed by atoms with van der Waals surface area (Å²) in [5, 5.41) is 1.92. The summed E-state index contributed by atoms with van der Waals surface area (Å²) in [4.78, 5) is 27.3. The molecule has 0 unspecified atom stereocenters. The van der Waals surface area contributed by atoms with Crippen LogP contribution < -0.4 is 4.90 Å². The molecule has 33 heavy (non-hydrogen) atoms. The monoisotopic (exact) mass is 468 g/mol. The molecule has 0 atom stereocenters. The Morgan fingerprint density at radius 1 is 1.12 bits per heavy atom. The standard InChI is InChI=1S/C25H29FN4O2S/c1-17(2)23-27-21(16-32-3)19(15-18-7-4-5-8-20(18)26)24(28-23)29-10-12-30(13-11-29)25(31)22-9-6-14-33-22/h4-9,14,17H,10-13,15-16H2,1-3H3. The van der Waals surface area contributed by atoms with Gasteiger partial charge in [-0.1, -0.05) is 38.1 Å². The maximum Gasteiger partial charge on any atom is 0.264 e. The van der Waals surface area contributed by atoms with Crippen LogP contribution in [-0.4, -0.2) is 54.1 Å². The van der Waals surface area contributed by atoms with E-state index < -0.39 is 0 Å². The molecule has 0 bridgehead atoms. The fraction of sp³-hybridized carbons (Fsp3) is 0.400. The molecule has 2 aromatic heterocycles. The molecule has 8 heteroatoms. The molecule has 4 rings (SSSR count). The third-order valence-corrected chi connectivity index (χ3v) is 6.67. The predicted octanol–water partition coefficient (Wildman–Crippen LogP) is 4.50. The summed E-state index contributed by atoms with van der Waals surface area (Å²) in [5.41, 5.74) is 2.26. The molecule has 1 aromatic carbocycles. The molecule has 6 nitrogen and oxygen atoms in total. The molecule has 0 radical (unpaired) electrons. The highest BCUT2D eigenvalue weighted by Gasteiger charge is 2.27. The number of ether oxygens (including phenoxy) is 1. The molecule has 174 valence electrons. The first-order chi connectivity index (χ1) is 16.0. The van der Waals surface area contributed by atoms with Gasteiger partial charge in [-0.15, -0.1) is 11.3 Å². The van der Waals surface area contributed by atoms with Crippen molar-refractivity contribution in [3.63, 3.8) is 0 Å². The summed E-state index contributed by atoms with van der Waals surface area (Å²) in [5.74, 6) is 1.52. The Bertz CT molecular complexity index is 1100. The molecule has 3 aromatic rings. The molecule has 0 saturated carbocycles. The van der Waals surface area contributed by atoms with Crippen molar-refractivity contribution >= 4 is 23.1 Å². The number of aromatic nitrogens is 2. The number of carbonyl (C=O) groups excluding carboxylic acids is 1. The number of piperazine rings is 1. The van der Waals surface area contributed by atoms with Crippen molar-refractivity contribution in [2.24, 2.45) is 0 Å². The van der Waals surface area contributed by atoms with E-state index in [0.29, 0.717) is 44.8 Å². The Kier molecular flexibility index (Phi) is 7.35. The van der Waals surface area contributed by atoms with E-state index in [2.05, 4.69) is 18.7 Å². The normalized spacial score (nSPS) is 14.2. The van der Waals surface area contributed by atoms with E-state index in [0.717, 1.165) is 27.8 Å². The average molecular weight is 469 g/mol. The summed E-state index contributed by atoms with van der Waals surface area (Å²) >= 11 is 1.46. The van der Waals surface area contributed by atoms with Crippen molar-refractivity contribution in [2.45, 2.75) is 32.8 Å². The van der Waals surface area contributed by atoms with Crippen molar-refractivity contribution in [3.8, 4) is 0 Å². The van der Waals surface area contributed by atoms with E-state index in [9.17, 15) is 9.18 Å². The van der Waals surface area contributed by atoms with Crippen LogP contribution in [0.2, 0.25) is 0 Å². The van der Waals surface area contributed by atoms with Gasteiger partial charge in [-0.2, -0.15) is 0 Å². The Hall–Kier alpha value is -2.84.